The van der Waals surface area contributed by atoms with Crippen LogP contribution in [0.5, 0.6) is 0 Å². The first-order valence-corrected chi connectivity index (χ1v) is 3.40. The van der Waals surface area contributed by atoms with Crippen LogP contribution in [0.15, 0.2) is 0 Å². The van der Waals surface area contributed by atoms with Gasteiger partial charge in [0.2, 0.25) is 0 Å². The Morgan fingerprint density at radius 3 is 2.78 bits per heavy atom. The lowest BCUT2D eigenvalue weighted by molar-refractivity contribution is 0.0139. The predicted octanol–water partition coefficient (Wildman–Crippen LogP) is -0.549. The highest BCUT2D eigenvalue weighted by Crippen LogP contribution is 2.09. The summed E-state index contributed by atoms with van der Waals surface area (Å²) in [5, 5.41) is 0. The molecular weight excluding hydrogens is 116 g/mol. The van der Waals surface area contributed by atoms with Gasteiger partial charge in [-0.25, -0.2) is 0 Å². The summed E-state index contributed by atoms with van der Waals surface area (Å²) in [4.78, 5) is 0. The third kappa shape index (κ3) is 1.93. The van der Waals surface area contributed by atoms with E-state index in [9.17, 15) is 0 Å². The molecule has 0 aromatic carbocycles. The van der Waals surface area contributed by atoms with Gasteiger partial charge in [-0.3, -0.25) is 0 Å². The molecule has 1 aliphatic rings. The lowest BCUT2D eigenvalue weighted by atomic mass is 10.0. The van der Waals surface area contributed by atoms with E-state index in [0.29, 0.717) is 12.6 Å². The zero-order valence-corrected chi connectivity index (χ0v) is 5.55. The molecule has 0 bridgehead atoms. The molecule has 0 spiro atoms. The van der Waals surface area contributed by atoms with Crippen LogP contribution in [0.25, 0.3) is 0 Å². The molecule has 3 heteroatoms. The first-order valence-electron chi connectivity index (χ1n) is 3.40. The Kier molecular flexibility index (Phi) is 2.45. The monoisotopic (exact) mass is 130 g/mol. The van der Waals surface area contributed by atoms with Gasteiger partial charge in [0.25, 0.3) is 0 Å². The Hall–Kier alpha value is -0.120. The van der Waals surface area contributed by atoms with Crippen LogP contribution in [0.3, 0.4) is 0 Å². The quantitative estimate of drug-likeness (QED) is 0.500. The molecule has 9 heavy (non-hydrogen) atoms. The molecule has 1 heterocycles. The van der Waals surface area contributed by atoms with E-state index in [1.54, 1.807) is 0 Å². The van der Waals surface area contributed by atoms with Crippen molar-refractivity contribution in [3.8, 4) is 0 Å². The Labute approximate surface area is 55.4 Å². The maximum Gasteiger partial charge on any atom is 0.0712 e. The Balaban J connectivity index is 2.23. The first-order chi connectivity index (χ1) is 4.33. The molecule has 0 aliphatic carbocycles. The van der Waals surface area contributed by atoms with Crippen LogP contribution in [-0.4, -0.2) is 25.3 Å². The van der Waals surface area contributed by atoms with Gasteiger partial charge in [-0.05, 0) is 12.8 Å². The summed E-state index contributed by atoms with van der Waals surface area (Å²) in [6.07, 6.45) is 2.13. The van der Waals surface area contributed by atoms with Crippen molar-refractivity contribution in [1.29, 1.82) is 0 Å². The lowest BCUT2D eigenvalue weighted by Gasteiger charge is -2.25. The van der Waals surface area contributed by atoms with Gasteiger partial charge in [0.1, 0.15) is 0 Å². The van der Waals surface area contributed by atoms with Crippen LogP contribution in [0.1, 0.15) is 12.8 Å². The molecule has 0 saturated carbocycles. The van der Waals surface area contributed by atoms with E-state index in [1.807, 2.05) is 0 Å². The van der Waals surface area contributed by atoms with Crippen molar-refractivity contribution in [1.82, 2.24) is 0 Å². The standard InChI is InChI=1S/C6H14N2O/c7-4-6-3-5(8)1-2-9-6/h5-6H,1-4,7-8H2/t5-,6-/m1/s1. The lowest BCUT2D eigenvalue weighted by Crippen LogP contribution is -2.38. The van der Waals surface area contributed by atoms with Gasteiger partial charge in [0.05, 0.1) is 6.10 Å². The zero-order chi connectivity index (χ0) is 6.69. The van der Waals surface area contributed by atoms with Crippen LogP contribution >= 0.6 is 0 Å². The second-order valence-corrected chi connectivity index (χ2v) is 2.51. The summed E-state index contributed by atoms with van der Waals surface area (Å²) in [5.74, 6) is 0. The minimum absolute atomic E-state index is 0.216. The SMILES string of the molecule is NC[C@H]1C[C@H](N)CCO1. The molecule has 0 amide bonds. The zero-order valence-electron chi connectivity index (χ0n) is 5.55. The summed E-state index contributed by atoms with van der Waals surface area (Å²) < 4.78 is 5.29. The fourth-order valence-electron chi connectivity index (χ4n) is 1.07. The number of rotatable bonds is 1. The summed E-state index contributed by atoms with van der Waals surface area (Å²) in [7, 11) is 0. The van der Waals surface area contributed by atoms with E-state index in [0.717, 1.165) is 19.4 Å². The smallest absolute Gasteiger partial charge is 0.0712 e. The fraction of sp³-hybridized carbons (Fsp3) is 1.00. The molecule has 0 aromatic rings. The summed E-state index contributed by atoms with van der Waals surface area (Å²) in [6.45, 7) is 1.39. The van der Waals surface area contributed by atoms with Crippen molar-refractivity contribution in [2.45, 2.75) is 25.0 Å². The third-order valence-corrected chi connectivity index (χ3v) is 1.67. The molecular formula is C6H14N2O. The minimum atomic E-state index is 0.216. The van der Waals surface area contributed by atoms with Crippen LogP contribution in [0.4, 0.5) is 0 Å². The number of hydrogen-bond donors (Lipinski definition) is 2. The van der Waals surface area contributed by atoms with Crippen LogP contribution in [0, 0.1) is 0 Å². The summed E-state index contributed by atoms with van der Waals surface area (Å²) in [5.41, 5.74) is 11.1. The summed E-state index contributed by atoms with van der Waals surface area (Å²) in [6, 6.07) is 0.312. The average molecular weight is 130 g/mol. The summed E-state index contributed by atoms with van der Waals surface area (Å²) >= 11 is 0. The predicted molar refractivity (Wildman–Crippen MR) is 36.0 cm³/mol. The van der Waals surface area contributed by atoms with Crippen molar-refractivity contribution in [2.75, 3.05) is 13.2 Å². The van der Waals surface area contributed by atoms with Crippen molar-refractivity contribution in [3.05, 3.63) is 0 Å². The highest BCUT2D eigenvalue weighted by atomic mass is 16.5. The van der Waals surface area contributed by atoms with E-state index in [-0.39, 0.29) is 6.10 Å². The molecule has 1 rings (SSSR count). The highest BCUT2D eigenvalue weighted by Gasteiger charge is 2.17. The second-order valence-electron chi connectivity index (χ2n) is 2.51. The van der Waals surface area contributed by atoms with Gasteiger partial charge >= 0.3 is 0 Å². The Morgan fingerprint density at radius 2 is 2.33 bits per heavy atom. The normalized spacial score (nSPS) is 36.7. The van der Waals surface area contributed by atoms with E-state index in [1.165, 1.54) is 0 Å². The molecule has 0 radical (unpaired) electrons. The van der Waals surface area contributed by atoms with E-state index in [4.69, 9.17) is 16.2 Å². The first kappa shape index (κ1) is 6.99. The molecule has 1 aliphatic heterocycles. The minimum Gasteiger partial charge on any atom is -0.377 e. The number of nitrogens with two attached hydrogens (primary N) is 2. The molecule has 0 unspecified atom stereocenters. The molecule has 2 atom stereocenters. The molecule has 1 fully saturated rings. The molecule has 1 saturated heterocycles. The van der Waals surface area contributed by atoms with E-state index < -0.39 is 0 Å². The molecule has 3 nitrogen and oxygen atoms in total. The van der Waals surface area contributed by atoms with Crippen LogP contribution in [-0.2, 0) is 4.74 Å². The van der Waals surface area contributed by atoms with Crippen LogP contribution < -0.4 is 11.5 Å². The molecule has 4 N–H and O–H groups in total. The van der Waals surface area contributed by atoms with Gasteiger partial charge < -0.3 is 16.2 Å². The van der Waals surface area contributed by atoms with E-state index >= 15 is 0 Å². The Bertz CT molecular complexity index is 87.1. The van der Waals surface area contributed by atoms with Crippen molar-refractivity contribution >= 4 is 0 Å². The molecule has 0 aromatic heterocycles. The van der Waals surface area contributed by atoms with Crippen molar-refractivity contribution in [2.24, 2.45) is 11.5 Å². The maximum atomic E-state index is 5.67. The molecule has 54 valence electrons. The topological polar surface area (TPSA) is 61.3 Å². The van der Waals surface area contributed by atoms with Crippen LogP contribution in [0.2, 0.25) is 0 Å². The van der Waals surface area contributed by atoms with Gasteiger partial charge in [-0.1, -0.05) is 0 Å². The van der Waals surface area contributed by atoms with Gasteiger partial charge in [-0.15, -0.1) is 0 Å². The fourth-order valence-corrected chi connectivity index (χ4v) is 1.07. The Morgan fingerprint density at radius 1 is 1.56 bits per heavy atom. The average Bonchev–Trinajstić information content (AvgIpc) is 1.88. The van der Waals surface area contributed by atoms with Gasteiger partial charge in [0, 0.05) is 19.2 Å². The van der Waals surface area contributed by atoms with Crippen molar-refractivity contribution < 1.29 is 4.74 Å². The van der Waals surface area contributed by atoms with Gasteiger partial charge in [-0.2, -0.15) is 0 Å². The third-order valence-electron chi connectivity index (χ3n) is 1.67. The maximum absolute atomic E-state index is 5.67. The van der Waals surface area contributed by atoms with Crippen molar-refractivity contribution in [3.63, 3.8) is 0 Å². The van der Waals surface area contributed by atoms with E-state index in [2.05, 4.69) is 0 Å². The largest absolute Gasteiger partial charge is 0.377 e. The highest BCUT2D eigenvalue weighted by molar-refractivity contribution is 4.73. The second kappa shape index (κ2) is 3.15. The number of ether oxygens (including phenoxy) is 1. The van der Waals surface area contributed by atoms with Gasteiger partial charge in [0.15, 0.2) is 0 Å². The number of hydrogen-bond acceptors (Lipinski definition) is 3.